The fourth-order valence-corrected chi connectivity index (χ4v) is 5.49. The summed E-state index contributed by atoms with van der Waals surface area (Å²) >= 11 is 1.78. The number of anilines is 1. The lowest BCUT2D eigenvalue weighted by atomic mass is 10.2. The Morgan fingerprint density at radius 3 is 2.50 bits per heavy atom. The molecule has 2 N–H and O–H groups in total. The van der Waals surface area contributed by atoms with Crippen molar-refractivity contribution in [2.24, 2.45) is 0 Å². The molecule has 1 aromatic carbocycles. The number of ether oxygens (including phenoxy) is 1. The summed E-state index contributed by atoms with van der Waals surface area (Å²) in [6.45, 7) is 8.89. The van der Waals surface area contributed by atoms with Crippen molar-refractivity contribution in [2.75, 3.05) is 70.5 Å². The molecule has 32 heavy (non-hydrogen) atoms. The number of phenols is 1. The molecule has 5 rings (SSSR count). The lowest BCUT2D eigenvalue weighted by molar-refractivity contribution is 0.109. The van der Waals surface area contributed by atoms with Crippen molar-refractivity contribution in [3.8, 4) is 17.1 Å². The predicted molar refractivity (Wildman–Crippen MR) is 126 cm³/mol. The summed E-state index contributed by atoms with van der Waals surface area (Å²) in [6.07, 6.45) is 0. The minimum absolute atomic E-state index is 0.213. The van der Waals surface area contributed by atoms with E-state index in [1.54, 1.807) is 23.5 Å². The molecule has 170 valence electrons. The average Bonchev–Trinajstić information content (AvgIpc) is 3.23. The highest BCUT2D eigenvalue weighted by molar-refractivity contribution is 7.19. The van der Waals surface area contributed by atoms with Gasteiger partial charge in [-0.05, 0) is 18.2 Å². The number of aromatic nitrogens is 2. The first kappa shape index (κ1) is 21.5. The second-order valence-electron chi connectivity index (χ2n) is 8.29. The molecule has 2 aromatic heterocycles. The number of morpholine rings is 1. The lowest BCUT2D eigenvalue weighted by Crippen LogP contribution is -2.46. The van der Waals surface area contributed by atoms with Gasteiger partial charge >= 0.3 is 0 Å². The number of piperazine rings is 1. The summed E-state index contributed by atoms with van der Waals surface area (Å²) in [6, 6.07) is 9.32. The fraction of sp³-hybridized carbons (Fsp3) is 0.478. The zero-order valence-electron chi connectivity index (χ0n) is 18.1. The van der Waals surface area contributed by atoms with Gasteiger partial charge in [0.2, 0.25) is 0 Å². The van der Waals surface area contributed by atoms with Gasteiger partial charge < -0.3 is 19.8 Å². The van der Waals surface area contributed by atoms with Gasteiger partial charge in [-0.1, -0.05) is 12.1 Å². The molecule has 4 heterocycles. The Labute approximate surface area is 191 Å². The van der Waals surface area contributed by atoms with E-state index >= 15 is 0 Å². The van der Waals surface area contributed by atoms with Gasteiger partial charge in [-0.25, -0.2) is 9.97 Å². The first-order chi connectivity index (χ1) is 15.7. The Hall–Kier alpha value is -2.30. The van der Waals surface area contributed by atoms with E-state index in [1.165, 1.54) is 4.88 Å². The van der Waals surface area contributed by atoms with E-state index in [0.717, 1.165) is 74.0 Å². The number of rotatable bonds is 6. The minimum atomic E-state index is 0.213. The van der Waals surface area contributed by atoms with Gasteiger partial charge in [0, 0.05) is 62.8 Å². The number of aromatic hydroxyl groups is 1. The average molecular weight is 456 g/mol. The quantitative estimate of drug-likeness (QED) is 0.584. The molecule has 0 amide bonds. The van der Waals surface area contributed by atoms with E-state index < -0.39 is 0 Å². The van der Waals surface area contributed by atoms with Crippen molar-refractivity contribution in [3.05, 3.63) is 35.2 Å². The van der Waals surface area contributed by atoms with Gasteiger partial charge in [0.15, 0.2) is 11.6 Å². The zero-order chi connectivity index (χ0) is 21.9. The number of benzene rings is 1. The van der Waals surface area contributed by atoms with Crippen molar-refractivity contribution in [2.45, 2.75) is 6.54 Å². The summed E-state index contributed by atoms with van der Waals surface area (Å²) in [5, 5.41) is 19.1. The van der Waals surface area contributed by atoms with E-state index in [9.17, 15) is 5.11 Å². The van der Waals surface area contributed by atoms with Crippen LogP contribution in [0.3, 0.4) is 0 Å². The number of nitrogens with zero attached hydrogens (tertiary/aromatic N) is 5. The Morgan fingerprint density at radius 1 is 0.969 bits per heavy atom. The number of hydrogen-bond acceptors (Lipinski definition) is 9. The van der Waals surface area contributed by atoms with Crippen LogP contribution in [-0.4, -0.2) is 95.6 Å². The van der Waals surface area contributed by atoms with E-state index in [2.05, 4.69) is 20.8 Å². The van der Waals surface area contributed by atoms with Crippen LogP contribution in [0.25, 0.3) is 21.6 Å². The normalized spacial score (nSPS) is 18.5. The van der Waals surface area contributed by atoms with Crippen LogP contribution in [0.1, 0.15) is 4.88 Å². The van der Waals surface area contributed by atoms with E-state index in [1.807, 2.05) is 12.1 Å². The molecule has 0 spiro atoms. The maximum absolute atomic E-state index is 9.94. The van der Waals surface area contributed by atoms with Crippen LogP contribution >= 0.6 is 11.3 Å². The van der Waals surface area contributed by atoms with Crippen molar-refractivity contribution >= 4 is 27.4 Å². The number of aliphatic hydroxyl groups excluding tert-OH is 1. The summed E-state index contributed by atoms with van der Waals surface area (Å²) in [5.41, 5.74) is 1.77. The van der Waals surface area contributed by atoms with Gasteiger partial charge in [0.05, 0.1) is 30.0 Å². The maximum Gasteiger partial charge on any atom is 0.162 e. The zero-order valence-corrected chi connectivity index (χ0v) is 18.9. The fourth-order valence-electron chi connectivity index (χ4n) is 4.34. The van der Waals surface area contributed by atoms with E-state index in [0.29, 0.717) is 19.0 Å². The van der Waals surface area contributed by atoms with Crippen LogP contribution in [0.2, 0.25) is 0 Å². The Morgan fingerprint density at radius 2 is 1.75 bits per heavy atom. The van der Waals surface area contributed by atoms with Gasteiger partial charge in [-0.3, -0.25) is 9.80 Å². The molecule has 8 nitrogen and oxygen atoms in total. The van der Waals surface area contributed by atoms with Crippen molar-refractivity contribution < 1.29 is 14.9 Å². The molecule has 0 unspecified atom stereocenters. The van der Waals surface area contributed by atoms with Crippen LogP contribution < -0.4 is 4.90 Å². The van der Waals surface area contributed by atoms with Gasteiger partial charge in [0.1, 0.15) is 5.75 Å². The number of β-amino-alcohol motifs (C(OH)–C–C–N with tert-alkyl or cyclic N) is 1. The molecule has 0 radical (unpaired) electrons. The molecule has 9 heteroatoms. The van der Waals surface area contributed by atoms with Crippen LogP contribution in [0.15, 0.2) is 30.3 Å². The number of thiophene rings is 1. The van der Waals surface area contributed by atoms with Crippen molar-refractivity contribution in [1.29, 1.82) is 0 Å². The van der Waals surface area contributed by atoms with Gasteiger partial charge in [-0.2, -0.15) is 0 Å². The van der Waals surface area contributed by atoms with E-state index in [4.69, 9.17) is 19.8 Å². The smallest absolute Gasteiger partial charge is 0.162 e. The van der Waals surface area contributed by atoms with Crippen LogP contribution in [0.5, 0.6) is 5.75 Å². The first-order valence-corrected chi connectivity index (χ1v) is 12.0. The topological polar surface area (TPSA) is 85.2 Å². The molecule has 2 aliphatic rings. The van der Waals surface area contributed by atoms with E-state index in [-0.39, 0.29) is 12.4 Å². The van der Waals surface area contributed by atoms with Crippen molar-refractivity contribution in [3.63, 3.8) is 0 Å². The molecule has 2 aliphatic heterocycles. The SMILES string of the molecule is OCCN1CCN(Cc2cc3nc(-c4cccc(O)c4)nc(N4CCOCC4)c3s2)CC1. The highest BCUT2D eigenvalue weighted by Crippen LogP contribution is 2.35. The third kappa shape index (κ3) is 4.72. The molecule has 2 saturated heterocycles. The molecule has 3 aromatic rings. The largest absolute Gasteiger partial charge is 0.508 e. The van der Waals surface area contributed by atoms with Gasteiger partial charge in [-0.15, -0.1) is 11.3 Å². The highest BCUT2D eigenvalue weighted by atomic mass is 32.1. The molecule has 2 fully saturated rings. The summed E-state index contributed by atoms with van der Waals surface area (Å²) in [4.78, 5) is 18.2. The maximum atomic E-state index is 9.94. The molecule has 0 atom stereocenters. The standard InChI is InChI=1S/C23H29N5O3S/c29-11-8-26-4-6-27(7-5-26)16-19-15-20-21(32-19)23(28-9-12-31-13-10-28)25-22(24-20)17-2-1-3-18(30)14-17/h1-3,14-15,29-30H,4-13,16H2. The molecular formula is C23H29N5O3S. The van der Waals surface area contributed by atoms with Gasteiger partial charge in [0.25, 0.3) is 0 Å². The molecule has 0 aliphatic carbocycles. The first-order valence-electron chi connectivity index (χ1n) is 11.2. The van der Waals surface area contributed by atoms with Crippen molar-refractivity contribution in [1.82, 2.24) is 19.8 Å². The number of aliphatic hydroxyl groups is 1. The Balaban J connectivity index is 1.45. The molecular weight excluding hydrogens is 426 g/mol. The summed E-state index contributed by atoms with van der Waals surface area (Å²) < 4.78 is 6.67. The minimum Gasteiger partial charge on any atom is -0.508 e. The number of phenolic OH excluding ortho intramolecular Hbond substituents is 1. The van der Waals surface area contributed by atoms with Crippen LogP contribution in [0.4, 0.5) is 5.82 Å². The Bertz CT molecular complexity index is 1060. The lowest BCUT2D eigenvalue weighted by Gasteiger charge is -2.34. The second kappa shape index (κ2) is 9.68. The third-order valence-electron chi connectivity index (χ3n) is 6.08. The second-order valence-corrected chi connectivity index (χ2v) is 9.43. The van der Waals surface area contributed by atoms with Crippen LogP contribution in [-0.2, 0) is 11.3 Å². The number of hydrogen-bond donors (Lipinski definition) is 2. The molecule has 0 bridgehead atoms. The third-order valence-corrected chi connectivity index (χ3v) is 7.19. The highest BCUT2D eigenvalue weighted by Gasteiger charge is 2.22. The molecule has 0 saturated carbocycles. The monoisotopic (exact) mass is 455 g/mol. The number of fused-ring (bicyclic) bond motifs is 1. The summed E-state index contributed by atoms with van der Waals surface area (Å²) in [5.74, 6) is 1.81. The summed E-state index contributed by atoms with van der Waals surface area (Å²) in [7, 11) is 0. The van der Waals surface area contributed by atoms with Crippen LogP contribution in [0, 0.1) is 0 Å². The Kier molecular flexibility index (Phi) is 6.52. The predicted octanol–water partition coefficient (Wildman–Crippen LogP) is 2.01.